The van der Waals surface area contributed by atoms with E-state index < -0.39 is 0 Å². The number of nitrogen functional groups attached to an aromatic ring is 1. The van der Waals surface area contributed by atoms with Gasteiger partial charge < -0.3 is 10.6 Å². The Balaban J connectivity index is 1.94. The molecule has 0 radical (unpaired) electrons. The minimum absolute atomic E-state index is 0.118. The fourth-order valence-corrected chi connectivity index (χ4v) is 3.38. The highest BCUT2D eigenvalue weighted by molar-refractivity contribution is 5.73. The Hall–Kier alpha value is -3.03. The predicted octanol–water partition coefficient (Wildman–Crippen LogP) is 2.38. The van der Waals surface area contributed by atoms with Crippen LogP contribution in [0.15, 0.2) is 31.0 Å². The van der Waals surface area contributed by atoms with Crippen molar-refractivity contribution >= 4 is 11.5 Å². The van der Waals surface area contributed by atoms with Crippen LogP contribution in [0.5, 0.6) is 0 Å². The first-order valence-corrected chi connectivity index (χ1v) is 8.37. The lowest BCUT2D eigenvalue weighted by atomic mass is 10.1. The molecule has 4 rings (SSSR count). The zero-order valence-corrected chi connectivity index (χ0v) is 14.5. The number of anilines is 2. The van der Waals surface area contributed by atoms with Gasteiger partial charge in [0.25, 0.3) is 0 Å². The molecule has 0 aliphatic carbocycles. The van der Waals surface area contributed by atoms with Gasteiger partial charge in [-0.1, -0.05) is 6.92 Å². The average Bonchev–Trinajstić information content (AvgIpc) is 3.09. The van der Waals surface area contributed by atoms with Crippen LogP contribution in [-0.2, 0) is 0 Å². The summed E-state index contributed by atoms with van der Waals surface area (Å²) in [5, 5.41) is 8.41. The van der Waals surface area contributed by atoms with Crippen LogP contribution in [0.2, 0.25) is 0 Å². The molecule has 8 heteroatoms. The van der Waals surface area contributed by atoms with Crippen LogP contribution in [-0.4, -0.2) is 35.8 Å². The number of nitrogens with two attached hydrogens (primary N) is 1. The topological polar surface area (TPSA) is 98.6 Å². The van der Waals surface area contributed by atoms with E-state index >= 15 is 0 Å². The van der Waals surface area contributed by atoms with E-state index in [4.69, 9.17) is 10.7 Å². The highest BCUT2D eigenvalue weighted by Crippen LogP contribution is 2.39. The summed E-state index contributed by atoms with van der Waals surface area (Å²) in [5.41, 5.74) is 8.28. The molecule has 1 atom stereocenters. The lowest BCUT2D eigenvalue weighted by Crippen LogP contribution is -2.40. The Morgan fingerprint density at radius 3 is 2.84 bits per heavy atom. The molecule has 4 heterocycles. The van der Waals surface area contributed by atoms with Gasteiger partial charge in [0.05, 0.1) is 24.1 Å². The third kappa shape index (κ3) is 2.33. The normalized spacial score (nSPS) is 16.0. The smallest absolute Gasteiger partial charge is 0.163 e. The summed E-state index contributed by atoms with van der Waals surface area (Å²) in [6.45, 7) is 6.45. The number of hydrogen-bond donors (Lipinski definition) is 1. The fourth-order valence-electron chi connectivity index (χ4n) is 3.38. The van der Waals surface area contributed by atoms with Crippen LogP contribution in [0.4, 0.5) is 11.5 Å². The van der Waals surface area contributed by atoms with Gasteiger partial charge in [0.1, 0.15) is 12.0 Å². The first-order chi connectivity index (χ1) is 12.1. The molecule has 0 saturated carbocycles. The summed E-state index contributed by atoms with van der Waals surface area (Å²) in [7, 11) is 0. The van der Waals surface area contributed by atoms with Gasteiger partial charge in [0.15, 0.2) is 17.5 Å². The van der Waals surface area contributed by atoms with Crippen molar-refractivity contribution in [2.75, 3.05) is 10.6 Å². The van der Waals surface area contributed by atoms with Gasteiger partial charge in [-0.2, -0.15) is 0 Å². The summed E-state index contributed by atoms with van der Waals surface area (Å²) in [6, 6.07) is 2.21. The van der Waals surface area contributed by atoms with Gasteiger partial charge >= 0.3 is 0 Å². The van der Waals surface area contributed by atoms with E-state index in [0.29, 0.717) is 11.5 Å². The summed E-state index contributed by atoms with van der Waals surface area (Å²) in [5.74, 6) is 2.38. The number of hydrogen-bond acceptors (Lipinski definition) is 7. The maximum atomic E-state index is 6.06. The third-order valence-electron chi connectivity index (χ3n) is 4.50. The van der Waals surface area contributed by atoms with E-state index in [1.165, 1.54) is 0 Å². The molecule has 8 nitrogen and oxygen atoms in total. The fraction of sp³-hybridized carbons (Fsp3) is 0.353. The number of aromatic nitrogens is 6. The van der Waals surface area contributed by atoms with Crippen molar-refractivity contribution < 1.29 is 0 Å². The minimum atomic E-state index is 0.118. The average molecular weight is 336 g/mol. The first-order valence-electron chi connectivity index (χ1n) is 8.37. The molecule has 0 bridgehead atoms. The molecule has 0 amide bonds. The molecule has 128 valence electrons. The Bertz CT molecular complexity index is 917. The highest BCUT2D eigenvalue weighted by atomic mass is 15.4. The van der Waals surface area contributed by atoms with Gasteiger partial charge in [0.2, 0.25) is 0 Å². The number of rotatable bonds is 3. The summed E-state index contributed by atoms with van der Waals surface area (Å²) in [4.78, 5) is 15.7. The number of pyridine rings is 1. The molecule has 25 heavy (non-hydrogen) atoms. The molecule has 3 aromatic rings. The van der Waals surface area contributed by atoms with Crippen molar-refractivity contribution in [3.63, 3.8) is 0 Å². The number of fused-ring (bicyclic) bond motifs is 3. The number of nitrogens with zero attached hydrogens (tertiary/aromatic N) is 7. The van der Waals surface area contributed by atoms with Gasteiger partial charge in [-0.15, -0.1) is 10.2 Å². The van der Waals surface area contributed by atoms with Crippen molar-refractivity contribution in [3.05, 3.63) is 36.8 Å². The lowest BCUT2D eigenvalue weighted by molar-refractivity contribution is 0.497. The van der Waals surface area contributed by atoms with Crippen molar-refractivity contribution in [1.82, 2.24) is 29.7 Å². The van der Waals surface area contributed by atoms with Crippen LogP contribution >= 0.6 is 0 Å². The summed E-state index contributed by atoms with van der Waals surface area (Å²) >= 11 is 0. The molecule has 1 aliphatic heterocycles. The monoisotopic (exact) mass is 336 g/mol. The standard InChI is InChI=1S/C17H20N8/c1-4-13-17-23-21-9-24(17)14-8-20-15(11-5-6-19-7-12(11)18)22-16(14)25(13)10(2)3/h5-10,13H,4,18H2,1-3H3. The second-order valence-corrected chi connectivity index (χ2v) is 6.35. The quantitative estimate of drug-likeness (QED) is 0.784. The molecule has 1 aliphatic rings. The maximum absolute atomic E-state index is 6.06. The minimum Gasteiger partial charge on any atom is -0.397 e. The van der Waals surface area contributed by atoms with Gasteiger partial charge in [0, 0.05) is 17.8 Å². The second-order valence-electron chi connectivity index (χ2n) is 6.35. The largest absolute Gasteiger partial charge is 0.397 e. The molecule has 2 N–H and O–H groups in total. The SMILES string of the molecule is CCC1c2nncn2-c2cnc(-c3ccncc3N)nc2N1C(C)C. The van der Waals surface area contributed by atoms with Crippen LogP contribution in [0.25, 0.3) is 17.1 Å². The van der Waals surface area contributed by atoms with E-state index in [1.54, 1.807) is 18.7 Å². The summed E-state index contributed by atoms with van der Waals surface area (Å²) < 4.78 is 1.97. The molecule has 0 fully saturated rings. The molecular weight excluding hydrogens is 316 g/mol. The molecule has 0 spiro atoms. The van der Waals surface area contributed by atoms with E-state index in [-0.39, 0.29) is 12.1 Å². The van der Waals surface area contributed by atoms with Gasteiger partial charge in [-0.25, -0.2) is 9.97 Å². The molecule has 1 unspecified atom stereocenters. The van der Waals surface area contributed by atoms with E-state index in [0.717, 1.165) is 29.3 Å². The Morgan fingerprint density at radius 1 is 1.28 bits per heavy atom. The molecule has 3 aromatic heterocycles. The van der Waals surface area contributed by atoms with Crippen LogP contribution in [0.3, 0.4) is 0 Å². The Labute approximate surface area is 145 Å². The van der Waals surface area contributed by atoms with E-state index in [9.17, 15) is 0 Å². The zero-order valence-electron chi connectivity index (χ0n) is 14.5. The van der Waals surface area contributed by atoms with Crippen molar-refractivity contribution in [1.29, 1.82) is 0 Å². The Kier molecular flexibility index (Phi) is 3.60. The zero-order chi connectivity index (χ0) is 17.6. The first kappa shape index (κ1) is 15.5. The molecular formula is C17H20N8. The van der Waals surface area contributed by atoms with Crippen molar-refractivity contribution in [2.45, 2.75) is 39.3 Å². The molecule has 0 aromatic carbocycles. The highest BCUT2D eigenvalue weighted by Gasteiger charge is 2.35. The van der Waals surface area contributed by atoms with Crippen LogP contribution in [0.1, 0.15) is 39.1 Å². The van der Waals surface area contributed by atoms with Crippen LogP contribution < -0.4 is 10.6 Å². The predicted molar refractivity (Wildman–Crippen MR) is 95.2 cm³/mol. The van der Waals surface area contributed by atoms with E-state index in [1.807, 2.05) is 16.8 Å². The maximum Gasteiger partial charge on any atom is 0.163 e. The lowest BCUT2D eigenvalue weighted by Gasteiger charge is -2.39. The molecule has 0 saturated heterocycles. The second kappa shape index (κ2) is 5.80. The van der Waals surface area contributed by atoms with Crippen molar-refractivity contribution in [2.24, 2.45) is 0 Å². The summed E-state index contributed by atoms with van der Waals surface area (Å²) in [6.07, 6.45) is 7.75. The van der Waals surface area contributed by atoms with E-state index in [2.05, 4.69) is 45.8 Å². The Morgan fingerprint density at radius 2 is 2.12 bits per heavy atom. The van der Waals surface area contributed by atoms with Gasteiger partial charge in [-0.05, 0) is 26.3 Å². The van der Waals surface area contributed by atoms with Crippen LogP contribution in [0, 0.1) is 0 Å². The van der Waals surface area contributed by atoms with Crippen molar-refractivity contribution in [3.8, 4) is 17.1 Å². The van der Waals surface area contributed by atoms with Gasteiger partial charge in [-0.3, -0.25) is 9.55 Å². The third-order valence-corrected chi connectivity index (χ3v) is 4.50.